The summed E-state index contributed by atoms with van der Waals surface area (Å²) in [5, 5.41) is 3.35. The predicted octanol–water partition coefficient (Wildman–Crippen LogP) is 2.26. The van der Waals surface area contributed by atoms with E-state index in [0.717, 1.165) is 30.8 Å². The smallest absolute Gasteiger partial charge is 0.121 e. The summed E-state index contributed by atoms with van der Waals surface area (Å²) in [5.74, 6) is 0.776. The van der Waals surface area contributed by atoms with Crippen molar-refractivity contribution in [2.75, 3.05) is 31.8 Å². The van der Waals surface area contributed by atoms with Crippen LogP contribution in [0.5, 0.6) is 5.75 Å². The molecule has 0 atom stereocenters. The maximum atomic E-state index is 5.94. The molecule has 17 heavy (non-hydrogen) atoms. The van der Waals surface area contributed by atoms with Crippen LogP contribution >= 0.6 is 0 Å². The number of nitrogens with one attached hydrogen (secondary N) is 1. The van der Waals surface area contributed by atoms with Crippen molar-refractivity contribution in [2.45, 2.75) is 24.9 Å². The maximum Gasteiger partial charge on any atom is 0.121 e. The third-order valence-electron chi connectivity index (χ3n) is 3.56. The summed E-state index contributed by atoms with van der Waals surface area (Å²) in [6, 6.07) is 5.66. The van der Waals surface area contributed by atoms with Gasteiger partial charge in [-0.3, -0.25) is 0 Å². The van der Waals surface area contributed by atoms with Crippen molar-refractivity contribution in [3.05, 3.63) is 18.2 Å². The van der Waals surface area contributed by atoms with Crippen LogP contribution in [0.15, 0.2) is 18.2 Å². The van der Waals surface area contributed by atoms with Crippen molar-refractivity contribution in [3.8, 4) is 5.75 Å². The van der Waals surface area contributed by atoms with E-state index >= 15 is 0 Å². The number of methoxy groups -OCH3 is 2. The highest BCUT2D eigenvalue weighted by Crippen LogP contribution is 2.35. The van der Waals surface area contributed by atoms with Crippen LogP contribution in [0.4, 0.5) is 11.4 Å². The number of nitrogen functional groups attached to an aromatic ring is 1. The number of hydrogen-bond acceptors (Lipinski definition) is 4. The van der Waals surface area contributed by atoms with Crippen LogP contribution in [0.25, 0.3) is 0 Å². The van der Waals surface area contributed by atoms with Gasteiger partial charge in [0.25, 0.3) is 0 Å². The van der Waals surface area contributed by atoms with Crippen molar-refractivity contribution in [2.24, 2.45) is 0 Å². The molecule has 4 nitrogen and oxygen atoms in total. The first-order valence-corrected chi connectivity index (χ1v) is 5.92. The monoisotopic (exact) mass is 236 g/mol. The van der Waals surface area contributed by atoms with Crippen LogP contribution in [0.3, 0.4) is 0 Å². The van der Waals surface area contributed by atoms with Crippen LogP contribution in [0.1, 0.15) is 19.3 Å². The fourth-order valence-corrected chi connectivity index (χ4v) is 2.11. The third kappa shape index (κ3) is 2.47. The molecule has 1 fully saturated rings. The SMILES string of the molecule is COc1ccc(NCC2(OC)CCC2)c(N)c1. The second kappa shape index (κ2) is 4.84. The molecule has 0 aromatic heterocycles. The molecule has 4 heteroatoms. The van der Waals surface area contributed by atoms with E-state index in [2.05, 4.69) is 5.32 Å². The Labute approximate surface area is 102 Å². The molecule has 0 aliphatic heterocycles. The number of anilines is 2. The quantitative estimate of drug-likeness (QED) is 0.770. The lowest BCUT2D eigenvalue weighted by Gasteiger charge is -2.40. The molecule has 0 spiro atoms. The molecular weight excluding hydrogens is 216 g/mol. The average molecular weight is 236 g/mol. The molecule has 1 aliphatic carbocycles. The first-order valence-electron chi connectivity index (χ1n) is 5.92. The standard InChI is InChI=1S/C13H20N2O2/c1-16-10-4-5-12(11(14)8-10)15-9-13(17-2)6-3-7-13/h4-5,8,15H,3,6-7,9,14H2,1-2H3. The zero-order valence-electron chi connectivity index (χ0n) is 10.5. The van der Waals surface area contributed by atoms with Gasteiger partial charge in [0.1, 0.15) is 5.75 Å². The van der Waals surface area contributed by atoms with Crippen LogP contribution < -0.4 is 15.8 Å². The molecule has 0 bridgehead atoms. The Bertz CT molecular complexity index is 383. The summed E-state index contributed by atoms with van der Waals surface area (Å²) in [6.45, 7) is 0.806. The highest BCUT2D eigenvalue weighted by atomic mass is 16.5. The van der Waals surface area contributed by atoms with E-state index in [9.17, 15) is 0 Å². The average Bonchev–Trinajstić information content (AvgIpc) is 2.30. The number of hydrogen-bond donors (Lipinski definition) is 2. The minimum atomic E-state index is 0.00632. The lowest BCUT2D eigenvalue weighted by molar-refractivity contribution is -0.0601. The fourth-order valence-electron chi connectivity index (χ4n) is 2.11. The van der Waals surface area contributed by atoms with Crippen molar-refractivity contribution in [3.63, 3.8) is 0 Å². The van der Waals surface area contributed by atoms with E-state index in [-0.39, 0.29) is 5.60 Å². The summed E-state index contributed by atoms with van der Waals surface area (Å²) in [7, 11) is 3.41. The van der Waals surface area contributed by atoms with Crippen molar-refractivity contribution in [1.82, 2.24) is 0 Å². The number of ether oxygens (including phenoxy) is 2. The maximum absolute atomic E-state index is 5.94. The molecule has 0 amide bonds. The van der Waals surface area contributed by atoms with Gasteiger partial charge in [0.05, 0.1) is 24.1 Å². The zero-order chi connectivity index (χ0) is 12.3. The minimum Gasteiger partial charge on any atom is -0.497 e. The highest BCUT2D eigenvalue weighted by Gasteiger charge is 2.36. The number of rotatable bonds is 5. The van der Waals surface area contributed by atoms with Gasteiger partial charge in [0, 0.05) is 19.7 Å². The second-order valence-corrected chi connectivity index (χ2v) is 4.55. The van der Waals surface area contributed by atoms with E-state index in [0.29, 0.717) is 5.69 Å². The van der Waals surface area contributed by atoms with Crippen LogP contribution in [0, 0.1) is 0 Å². The Morgan fingerprint density at radius 1 is 1.35 bits per heavy atom. The largest absolute Gasteiger partial charge is 0.497 e. The van der Waals surface area contributed by atoms with Gasteiger partial charge in [-0.05, 0) is 31.4 Å². The Kier molecular flexibility index (Phi) is 3.43. The van der Waals surface area contributed by atoms with E-state index in [4.69, 9.17) is 15.2 Å². The van der Waals surface area contributed by atoms with Gasteiger partial charge in [0.2, 0.25) is 0 Å². The van der Waals surface area contributed by atoms with E-state index < -0.39 is 0 Å². The van der Waals surface area contributed by atoms with E-state index in [1.54, 1.807) is 14.2 Å². The lowest BCUT2D eigenvalue weighted by Crippen LogP contribution is -2.45. The van der Waals surface area contributed by atoms with Crippen molar-refractivity contribution in [1.29, 1.82) is 0 Å². The van der Waals surface area contributed by atoms with Gasteiger partial charge >= 0.3 is 0 Å². The van der Waals surface area contributed by atoms with Gasteiger partial charge in [0.15, 0.2) is 0 Å². The van der Waals surface area contributed by atoms with E-state index in [1.165, 1.54) is 6.42 Å². The molecule has 2 rings (SSSR count). The molecular formula is C13H20N2O2. The van der Waals surface area contributed by atoms with Crippen LogP contribution in [-0.2, 0) is 4.74 Å². The summed E-state index contributed by atoms with van der Waals surface area (Å²) in [4.78, 5) is 0. The van der Waals surface area contributed by atoms with Gasteiger partial charge in [-0.1, -0.05) is 0 Å². The summed E-state index contributed by atoms with van der Waals surface area (Å²) >= 11 is 0. The number of nitrogens with two attached hydrogens (primary N) is 1. The third-order valence-corrected chi connectivity index (χ3v) is 3.56. The zero-order valence-corrected chi connectivity index (χ0v) is 10.5. The molecule has 0 unspecified atom stereocenters. The molecule has 1 aliphatic rings. The molecule has 0 radical (unpaired) electrons. The Balaban J connectivity index is 1.99. The first-order chi connectivity index (χ1) is 8.19. The summed E-state index contributed by atoms with van der Waals surface area (Å²) in [6.07, 6.45) is 3.48. The lowest BCUT2D eigenvalue weighted by atomic mass is 9.80. The van der Waals surface area contributed by atoms with E-state index in [1.807, 2.05) is 18.2 Å². The van der Waals surface area contributed by atoms with Crippen LogP contribution in [-0.4, -0.2) is 26.4 Å². The normalized spacial score (nSPS) is 17.3. The molecule has 0 saturated heterocycles. The van der Waals surface area contributed by atoms with Crippen LogP contribution in [0.2, 0.25) is 0 Å². The molecule has 1 aromatic rings. The van der Waals surface area contributed by atoms with Gasteiger partial charge in [-0.15, -0.1) is 0 Å². The fraction of sp³-hybridized carbons (Fsp3) is 0.538. The molecule has 1 saturated carbocycles. The minimum absolute atomic E-state index is 0.00632. The molecule has 94 valence electrons. The predicted molar refractivity (Wildman–Crippen MR) is 69.5 cm³/mol. The van der Waals surface area contributed by atoms with Gasteiger partial charge < -0.3 is 20.5 Å². The highest BCUT2D eigenvalue weighted by molar-refractivity contribution is 5.68. The number of benzene rings is 1. The topological polar surface area (TPSA) is 56.5 Å². The Morgan fingerprint density at radius 2 is 2.12 bits per heavy atom. The van der Waals surface area contributed by atoms with Gasteiger partial charge in [-0.2, -0.15) is 0 Å². The summed E-state index contributed by atoms with van der Waals surface area (Å²) in [5.41, 5.74) is 7.59. The molecule has 3 N–H and O–H groups in total. The molecule has 0 heterocycles. The van der Waals surface area contributed by atoms with Gasteiger partial charge in [-0.25, -0.2) is 0 Å². The van der Waals surface area contributed by atoms with Crippen molar-refractivity contribution < 1.29 is 9.47 Å². The van der Waals surface area contributed by atoms with Crippen molar-refractivity contribution >= 4 is 11.4 Å². The first kappa shape index (κ1) is 12.0. The second-order valence-electron chi connectivity index (χ2n) is 4.55. The molecule has 1 aromatic carbocycles. The summed E-state index contributed by atoms with van der Waals surface area (Å²) < 4.78 is 10.7. The Morgan fingerprint density at radius 3 is 2.59 bits per heavy atom. The Hall–Kier alpha value is -1.42.